The second kappa shape index (κ2) is 7.28. The summed E-state index contributed by atoms with van der Waals surface area (Å²) in [7, 11) is 0. The molecule has 2 N–H and O–H groups in total. The number of hydrogen-bond donors (Lipinski definition) is 1. The average Bonchev–Trinajstić information content (AvgIpc) is 2.07. The highest BCUT2D eigenvalue weighted by atomic mass is 79.9. The molecular weight excluding hydrogens is 204 g/mol. The van der Waals surface area contributed by atoms with Gasteiger partial charge in [-0.1, -0.05) is 22.0 Å². The SMILES string of the molecule is Brc1ccncc1.C/C=C/N. The Balaban J connectivity index is 0.000000218. The largest absolute Gasteiger partial charge is 0.405 e. The Morgan fingerprint density at radius 1 is 1.45 bits per heavy atom. The minimum atomic E-state index is 1.07. The lowest BCUT2D eigenvalue weighted by Crippen LogP contribution is -1.70. The molecule has 60 valence electrons. The van der Waals surface area contributed by atoms with Crippen molar-refractivity contribution in [3.05, 3.63) is 41.3 Å². The van der Waals surface area contributed by atoms with E-state index in [1.807, 2.05) is 19.1 Å². The number of hydrogen-bond acceptors (Lipinski definition) is 2. The summed E-state index contributed by atoms with van der Waals surface area (Å²) in [6.07, 6.45) is 6.76. The number of pyridine rings is 1. The second-order valence-electron chi connectivity index (χ2n) is 1.69. The lowest BCUT2D eigenvalue weighted by molar-refractivity contribution is 1.32. The molecular formula is C8H11BrN2. The molecule has 0 saturated heterocycles. The summed E-state index contributed by atoms with van der Waals surface area (Å²) in [6.45, 7) is 1.88. The average molecular weight is 215 g/mol. The Labute approximate surface area is 75.3 Å². The van der Waals surface area contributed by atoms with Gasteiger partial charge in [0.2, 0.25) is 0 Å². The third kappa shape index (κ3) is 7.06. The standard InChI is InChI=1S/C5H4BrN.C3H7N/c6-5-1-3-7-4-2-5;1-2-3-4/h1-4H;2-3H,4H2,1H3/b;3-2+. The van der Waals surface area contributed by atoms with Gasteiger partial charge in [0.1, 0.15) is 0 Å². The van der Waals surface area contributed by atoms with Gasteiger partial charge < -0.3 is 5.73 Å². The third-order valence-electron chi connectivity index (χ3n) is 0.832. The minimum Gasteiger partial charge on any atom is -0.405 e. The van der Waals surface area contributed by atoms with E-state index in [1.54, 1.807) is 18.5 Å². The van der Waals surface area contributed by atoms with Crippen LogP contribution in [-0.2, 0) is 0 Å². The summed E-state index contributed by atoms with van der Waals surface area (Å²) in [5, 5.41) is 0. The Kier molecular flexibility index (Phi) is 6.73. The quantitative estimate of drug-likeness (QED) is 0.721. The molecule has 0 fully saturated rings. The second-order valence-corrected chi connectivity index (χ2v) is 2.61. The molecule has 11 heavy (non-hydrogen) atoms. The molecule has 0 aliphatic heterocycles. The van der Waals surface area contributed by atoms with Crippen LogP contribution in [0.15, 0.2) is 41.3 Å². The number of halogens is 1. The van der Waals surface area contributed by atoms with Crippen LogP contribution >= 0.6 is 15.9 Å². The summed E-state index contributed by atoms with van der Waals surface area (Å²) < 4.78 is 1.07. The molecule has 0 saturated carbocycles. The maximum absolute atomic E-state index is 4.85. The zero-order valence-electron chi connectivity index (χ0n) is 6.37. The Bertz CT molecular complexity index is 193. The highest BCUT2D eigenvalue weighted by Crippen LogP contribution is 2.03. The highest BCUT2D eigenvalue weighted by molar-refractivity contribution is 9.10. The fraction of sp³-hybridized carbons (Fsp3) is 0.125. The van der Waals surface area contributed by atoms with Gasteiger partial charge in [0.05, 0.1) is 0 Å². The molecule has 0 spiro atoms. The summed E-state index contributed by atoms with van der Waals surface area (Å²) in [6, 6.07) is 3.78. The molecule has 0 aliphatic rings. The van der Waals surface area contributed by atoms with Crippen LogP contribution in [0.25, 0.3) is 0 Å². The summed E-state index contributed by atoms with van der Waals surface area (Å²) in [5.74, 6) is 0. The number of aromatic nitrogens is 1. The van der Waals surface area contributed by atoms with Gasteiger partial charge in [-0.3, -0.25) is 4.98 Å². The smallest absolute Gasteiger partial charge is 0.0279 e. The van der Waals surface area contributed by atoms with Gasteiger partial charge in [-0.15, -0.1) is 0 Å². The normalized spacial score (nSPS) is 8.91. The third-order valence-corrected chi connectivity index (χ3v) is 1.36. The van der Waals surface area contributed by atoms with E-state index in [4.69, 9.17) is 5.73 Å². The lowest BCUT2D eigenvalue weighted by atomic mass is 10.5. The first-order valence-electron chi connectivity index (χ1n) is 3.19. The molecule has 0 bridgehead atoms. The maximum Gasteiger partial charge on any atom is 0.0279 e. The van der Waals surface area contributed by atoms with E-state index >= 15 is 0 Å². The van der Waals surface area contributed by atoms with Crippen LogP contribution in [-0.4, -0.2) is 4.98 Å². The van der Waals surface area contributed by atoms with Crippen LogP contribution in [0.1, 0.15) is 6.92 Å². The Morgan fingerprint density at radius 2 is 1.91 bits per heavy atom. The molecule has 2 nitrogen and oxygen atoms in total. The van der Waals surface area contributed by atoms with Crippen molar-refractivity contribution in [2.24, 2.45) is 5.73 Å². The number of nitrogens with zero attached hydrogens (tertiary/aromatic N) is 1. The molecule has 1 rings (SSSR count). The van der Waals surface area contributed by atoms with Crippen molar-refractivity contribution in [1.29, 1.82) is 0 Å². The van der Waals surface area contributed by atoms with Crippen LogP contribution in [0.3, 0.4) is 0 Å². The van der Waals surface area contributed by atoms with Crippen molar-refractivity contribution < 1.29 is 0 Å². The number of allylic oxidation sites excluding steroid dienone is 1. The molecule has 0 atom stereocenters. The molecule has 0 radical (unpaired) electrons. The zero-order chi connectivity index (χ0) is 8.53. The fourth-order valence-electron chi connectivity index (χ4n) is 0.334. The maximum atomic E-state index is 4.85. The van der Waals surface area contributed by atoms with Gasteiger partial charge in [-0.2, -0.15) is 0 Å². The van der Waals surface area contributed by atoms with Crippen LogP contribution in [0.2, 0.25) is 0 Å². The van der Waals surface area contributed by atoms with E-state index in [2.05, 4.69) is 20.9 Å². The zero-order valence-corrected chi connectivity index (χ0v) is 7.95. The van der Waals surface area contributed by atoms with E-state index in [0.717, 1.165) is 4.47 Å². The molecule has 1 aromatic heterocycles. The van der Waals surface area contributed by atoms with Gasteiger partial charge in [-0.25, -0.2) is 0 Å². The monoisotopic (exact) mass is 214 g/mol. The van der Waals surface area contributed by atoms with Gasteiger partial charge >= 0.3 is 0 Å². The molecule has 0 aromatic carbocycles. The fourth-order valence-corrected chi connectivity index (χ4v) is 0.570. The van der Waals surface area contributed by atoms with Gasteiger partial charge in [0.25, 0.3) is 0 Å². The Morgan fingerprint density at radius 3 is 2.09 bits per heavy atom. The van der Waals surface area contributed by atoms with Crippen molar-refractivity contribution in [1.82, 2.24) is 4.98 Å². The van der Waals surface area contributed by atoms with Gasteiger partial charge in [0.15, 0.2) is 0 Å². The number of nitrogens with two attached hydrogens (primary N) is 1. The summed E-state index contributed by atoms with van der Waals surface area (Å²) in [5.41, 5.74) is 4.85. The first kappa shape index (κ1) is 10.2. The van der Waals surface area contributed by atoms with Gasteiger partial charge in [0, 0.05) is 16.9 Å². The van der Waals surface area contributed by atoms with Crippen LogP contribution < -0.4 is 5.73 Å². The van der Waals surface area contributed by atoms with E-state index in [0.29, 0.717) is 0 Å². The van der Waals surface area contributed by atoms with Crippen LogP contribution in [0.5, 0.6) is 0 Å². The molecule has 0 amide bonds. The van der Waals surface area contributed by atoms with Gasteiger partial charge in [-0.05, 0) is 25.3 Å². The molecule has 3 heteroatoms. The van der Waals surface area contributed by atoms with Crippen molar-refractivity contribution in [3.8, 4) is 0 Å². The summed E-state index contributed by atoms with van der Waals surface area (Å²) in [4.78, 5) is 3.82. The summed E-state index contributed by atoms with van der Waals surface area (Å²) >= 11 is 3.27. The van der Waals surface area contributed by atoms with Crippen molar-refractivity contribution in [3.63, 3.8) is 0 Å². The molecule has 1 heterocycles. The van der Waals surface area contributed by atoms with E-state index in [-0.39, 0.29) is 0 Å². The van der Waals surface area contributed by atoms with E-state index in [9.17, 15) is 0 Å². The van der Waals surface area contributed by atoms with Crippen molar-refractivity contribution >= 4 is 15.9 Å². The molecule has 0 unspecified atom stereocenters. The van der Waals surface area contributed by atoms with E-state index in [1.165, 1.54) is 6.20 Å². The number of rotatable bonds is 0. The molecule has 0 aliphatic carbocycles. The topological polar surface area (TPSA) is 38.9 Å². The van der Waals surface area contributed by atoms with Crippen molar-refractivity contribution in [2.45, 2.75) is 6.92 Å². The minimum absolute atomic E-state index is 1.07. The van der Waals surface area contributed by atoms with E-state index < -0.39 is 0 Å². The first-order chi connectivity index (χ1) is 5.31. The predicted octanol–water partition coefficient (Wildman–Crippen LogP) is 2.32. The highest BCUT2D eigenvalue weighted by Gasteiger charge is 1.75. The van der Waals surface area contributed by atoms with Crippen LogP contribution in [0.4, 0.5) is 0 Å². The van der Waals surface area contributed by atoms with Crippen molar-refractivity contribution in [2.75, 3.05) is 0 Å². The van der Waals surface area contributed by atoms with Crippen LogP contribution in [0, 0.1) is 0 Å². The Hall–Kier alpha value is -0.830. The molecule has 1 aromatic rings. The lowest BCUT2D eigenvalue weighted by Gasteiger charge is -1.80. The first-order valence-corrected chi connectivity index (χ1v) is 3.99. The predicted molar refractivity (Wildman–Crippen MR) is 50.9 cm³/mol.